The summed E-state index contributed by atoms with van der Waals surface area (Å²) in [6.07, 6.45) is 2.35. The monoisotopic (exact) mass is 219 g/mol. The van der Waals surface area contributed by atoms with Crippen LogP contribution >= 0.6 is 0 Å². The lowest BCUT2D eigenvalue weighted by Crippen LogP contribution is -2.38. The van der Waals surface area contributed by atoms with Crippen LogP contribution in [0.5, 0.6) is 0 Å². The van der Waals surface area contributed by atoms with Crippen LogP contribution in [0.4, 0.5) is 0 Å². The second-order valence-electron chi connectivity index (χ2n) is 3.42. The van der Waals surface area contributed by atoms with E-state index in [1.165, 1.54) is 6.26 Å². The van der Waals surface area contributed by atoms with Crippen molar-refractivity contribution in [1.29, 1.82) is 0 Å². The smallest absolute Gasteiger partial charge is 0.319 e. The standard InChI is InChI=1S/C8H13NO4S/c1-14(13)5-4-9-6(10)8(2-3-8)7(11)12/h2-5H2,1H3,(H,9,10)(H,11,12). The number of nitrogens with one attached hydrogen (secondary N) is 1. The minimum atomic E-state index is -1.19. The maximum Gasteiger partial charge on any atom is 0.319 e. The maximum atomic E-state index is 11.4. The van der Waals surface area contributed by atoms with Crippen molar-refractivity contribution in [2.45, 2.75) is 12.8 Å². The van der Waals surface area contributed by atoms with Crippen LogP contribution in [0, 0.1) is 5.41 Å². The summed E-state index contributed by atoms with van der Waals surface area (Å²) >= 11 is 0. The van der Waals surface area contributed by atoms with Crippen LogP contribution in [0.2, 0.25) is 0 Å². The van der Waals surface area contributed by atoms with Crippen molar-refractivity contribution < 1.29 is 18.9 Å². The van der Waals surface area contributed by atoms with Gasteiger partial charge in [0.15, 0.2) is 0 Å². The SMILES string of the molecule is CS(=O)CCNC(=O)C1(C(=O)O)CC1. The van der Waals surface area contributed by atoms with Crippen molar-refractivity contribution >= 4 is 22.7 Å². The number of rotatable bonds is 5. The number of carbonyl (C=O) groups excluding carboxylic acids is 1. The normalized spacial score (nSPS) is 19.8. The van der Waals surface area contributed by atoms with Crippen molar-refractivity contribution in [2.24, 2.45) is 5.41 Å². The van der Waals surface area contributed by atoms with Crippen LogP contribution in [0.15, 0.2) is 0 Å². The van der Waals surface area contributed by atoms with Gasteiger partial charge in [-0.05, 0) is 12.8 Å². The van der Waals surface area contributed by atoms with Crippen molar-refractivity contribution in [1.82, 2.24) is 5.32 Å². The second kappa shape index (κ2) is 4.08. The van der Waals surface area contributed by atoms with Crippen molar-refractivity contribution in [3.05, 3.63) is 0 Å². The molecule has 6 heteroatoms. The number of carbonyl (C=O) groups is 2. The number of amides is 1. The van der Waals surface area contributed by atoms with E-state index in [0.717, 1.165) is 0 Å². The highest BCUT2D eigenvalue weighted by Gasteiger charge is 2.56. The quantitative estimate of drug-likeness (QED) is 0.602. The molecule has 0 bridgehead atoms. The van der Waals surface area contributed by atoms with Crippen LogP contribution < -0.4 is 5.32 Å². The van der Waals surface area contributed by atoms with E-state index in [0.29, 0.717) is 18.6 Å². The Kier molecular flexibility index (Phi) is 3.25. The van der Waals surface area contributed by atoms with Gasteiger partial charge >= 0.3 is 5.97 Å². The molecule has 1 saturated carbocycles. The van der Waals surface area contributed by atoms with E-state index >= 15 is 0 Å². The zero-order valence-corrected chi connectivity index (χ0v) is 8.73. The van der Waals surface area contributed by atoms with Crippen molar-refractivity contribution in [3.63, 3.8) is 0 Å². The lowest BCUT2D eigenvalue weighted by Gasteiger charge is -2.09. The van der Waals surface area contributed by atoms with Gasteiger partial charge in [0.05, 0.1) is 0 Å². The molecule has 1 amide bonds. The number of hydrogen-bond donors (Lipinski definition) is 2. The topological polar surface area (TPSA) is 83.5 Å². The molecule has 1 aliphatic rings. The first-order chi connectivity index (χ1) is 6.49. The molecule has 14 heavy (non-hydrogen) atoms. The third-order valence-electron chi connectivity index (χ3n) is 2.27. The third kappa shape index (κ3) is 2.31. The van der Waals surface area contributed by atoms with Gasteiger partial charge in [0.1, 0.15) is 5.41 Å². The van der Waals surface area contributed by atoms with E-state index in [9.17, 15) is 13.8 Å². The molecular weight excluding hydrogens is 206 g/mol. The van der Waals surface area contributed by atoms with Gasteiger partial charge < -0.3 is 10.4 Å². The first-order valence-corrected chi connectivity index (χ1v) is 6.03. The Morgan fingerprint density at radius 3 is 2.43 bits per heavy atom. The Bertz CT molecular complexity index is 285. The number of aliphatic carboxylic acids is 1. The number of hydrogen-bond acceptors (Lipinski definition) is 3. The van der Waals surface area contributed by atoms with Crippen molar-refractivity contribution in [3.8, 4) is 0 Å². The van der Waals surface area contributed by atoms with Crippen LogP contribution in [-0.2, 0) is 20.4 Å². The molecule has 0 aromatic carbocycles. The van der Waals surface area contributed by atoms with Crippen LogP contribution in [-0.4, -0.2) is 39.7 Å². The molecule has 1 rings (SSSR count). The van der Waals surface area contributed by atoms with Gasteiger partial charge in [-0.2, -0.15) is 0 Å². The van der Waals surface area contributed by atoms with E-state index in [-0.39, 0.29) is 6.54 Å². The predicted molar refractivity (Wildman–Crippen MR) is 51.2 cm³/mol. The second-order valence-corrected chi connectivity index (χ2v) is 4.98. The molecule has 80 valence electrons. The van der Waals surface area contributed by atoms with Crippen LogP contribution in [0.1, 0.15) is 12.8 Å². The fourth-order valence-corrected chi connectivity index (χ4v) is 1.53. The fourth-order valence-electron chi connectivity index (χ4n) is 1.14. The molecule has 0 spiro atoms. The largest absolute Gasteiger partial charge is 0.480 e. The maximum absolute atomic E-state index is 11.4. The molecule has 0 heterocycles. The summed E-state index contributed by atoms with van der Waals surface area (Å²) in [4.78, 5) is 22.1. The summed E-state index contributed by atoms with van der Waals surface area (Å²) in [6.45, 7) is 0.275. The van der Waals surface area contributed by atoms with Gasteiger partial charge in [0.25, 0.3) is 0 Å². The fraction of sp³-hybridized carbons (Fsp3) is 0.750. The Morgan fingerprint density at radius 2 is 2.07 bits per heavy atom. The molecule has 1 unspecified atom stereocenters. The van der Waals surface area contributed by atoms with Gasteiger partial charge in [-0.15, -0.1) is 0 Å². The first kappa shape index (κ1) is 11.2. The summed E-state index contributed by atoms with van der Waals surface area (Å²) in [5, 5.41) is 11.2. The minimum absolute atomic E-state index is 0.275. The summed E-state index contributed by atoms with van der Waals surface area (Å²) in [5.74, 6) is -1.15. The Labute approximate surface area is 84.3 Å². The Morgan fingerprint density at radius 1 is 1.50 bits per heavy atom. The minimum Gasteiger partial charge on any atom is -0.480 e. The van der Waals surface area contributed by atoms with E-state index in [4.69, 9.17) is 5.11 Å². The highest BCUT2D eigenvalue weighted by Crippen LogP contribution is 2.45. The van der Waals surface area contributed by atoms with Gasteiger partial charge in [-0.3, -0.25) is 13.8 Å². The Hall–Kier alpha value is -0.910. The summed E-state index contributed by atoms with van der Waals surface area (Å²) in [5.41, 5.74) is -1.19. The molecular formula is C8H13NO4S. The highest BCUT2D eigenvalue weighted by molar-refractivity contribution is 7.84. The third-order valence-corrected chi connectivity index (χ3v) is 3.05. The molecule has 0 radical (unpaired) electrons. The summed E-state index contributed by atoms with van der Waals surface area (Å²) in [7, 11) is -0.961. The molecule has 0 saturated heterocycles. The molecule has 0 aromatic rings. The molecule has 1 aliphatic carbocycles. The van der Waals surface area contributed by atoms with E-state index in [1.807, 2.05) is 0 Å². The predicted octanol–water partition coefficient (Wildman–Crippen LogP) is -0.654. The molecule has 1 atom stereocenters. The van der Waals surface area contributed by atoms with Crippen LogP contribution in [0.25, 0.3) is 0 Å². The zero-order valence-electron chi connectivity index (χ0n) is 7.91. The van der Waals surface area contributed by atoms with Crippen LogP contribution in [0.3, 0.4) is 0 Å². The highest BCUT2D eigenvalue weighted by atomic mass is 32.2. The zero-order chi connectivity index (χ0) is 10.8. The average Bonchev–Trinajstić information content (AvgIpc) is 2.82. The van der Waals surface area contributed by atoms with Gasteiger partial charge in [-0.25, -0.2) is 0 Å². The molecule has 1 fully saturated rings. The van der Waals surface area contributed by atoms with E-state index < -0.39 is 28.1 Å². The number of carboxylic acids is 1. The van der Waals surface area contributed by atoms with Crippen molar-refractivity contribution in [2.75, 3.05) is 18.6 Å². The first-order valence-electron chi connectivity index (χ1n) is 4.31. The molecule has 0 aromatic heterocycles. The summed E-state index contributed by atoms with van der Waals surface area (Å²) in [6, 6.07) is 0. The van der Waals surface area contributed by atoms with Gasteiger partial charge in [0.2, 0.25) is 5.91 Å². The summed E-state index contributed by atoms with van der Waals surface area (Å²) < 4.78 is 10.7. The van der Waals surface area contributed by atoms with Gasteiger partial charge in [0, 0.05) is 29.4 Å². The van der Waals surface area contributed by atoms with E-state index in [2.05, 4.69) is 5.32 Å². The lowest BCUT2D eigenvalue weighted by atomic mass is 10.1. The Balaban J connectivity index is 2.36. The molecule has 2 N–H and O–H groups in total. The van der Waals surface area contributed by atoms with E-state index in [1.54, 1.807) is 0 Å². The molecule has 5 nitrogen and oxygen atoms in total. The number of carboxylic acid groups (broad SMARTS) is 1. The average molecular weight is 219 g/mol. The lowest BCUT2D eigenvalue weighted by molar-refractivity contribution is -0.148. The van der Waals surface area contributed by atoms with Gasteiger partial charge in [-0.1, -0.05) is 0 Å². The molecule has 0 aliphatic heterocycles.